The lowest BCUT2D eigenvalue weighted by Gasteiger charge is -2.11. The topological polar surface area (TPSA) is 68.0 Å². The minimum atomic E-state index is -0.997. The SMILES string of the molecule is Cc1cc(-n2nc(C)c(Br)c2C)c(C(=O)O)c(C)n1. The van der Waals surface area contributed by atoms with Crippen molar-refractivity contribution in [2.45, 2.75) is 27.7 Å². The van der Waals surface area contributed by atoms with E-state index in [4.69, 9.17) is 0 Å². The predicted molar refractivity (Wildman–Crippen MR) is 75.0 cm³/mol. The van der Waals surface area contributed by atoms with Gasteiger partial charge >= 0.3 is 5.97 Å². The third kappa shape index (κ3) is 2.28. The van der Waals surface area contributed by atoms with Crippen LogP contribution < -0.4 is 0 Å². The summed E-state index contributed by atoms with van der Waals surface area (Å²) in [6.45, 7) is 7.29. The number of hydrogen-bond acceptors (Lipinski definition) is 3. The zero-order valence-electron chi connectivity index (χ0n) is 11.2. The van der Waals surface area contributed by atoms with Crippen LogP contribution in [0.5, 0.6) is 0 Å². The van der Waals surface area contributed by atoms with Crippen LogP contribution in [0.4, 0.5) is 0 Å². The molecule has 100 valence electrons. The third-order valence-corrected chi connectivity index (χ3v) is 4.10. The average Bonchev–Trinajstić information content (AvgIpc) is 2.55. The van der Waals surface area contributed by atoms with Crippen LogP contribution in [0.2, 0.25) is 0 Å². The third-order valence-electron chi connectivity index (χ3n) is 2.95. The predicted octanol–water partition coefficient (Wildman–Crippen LogP) is 2.96. The monoisotopic (exact) mass is 323 g/mol. The van der Waals surface area contributed by atoms with E-state index in [9.17, 15) is 9.90 Å². The van der Waals surface area contributed by atoms with Gasteiger partial charge in [0.05, 0.1) is 27.2 Å². The Bertz CT molecular complexity index is 677. The minimum absolute atomic E-state index is 0.184. The molecule has 0 spiro atoms. The lowest BCUT2D eigenvalue weighted by atomic mass is 10.1. The summed E-state index contributed by atoms with van der Waals surface area (Å²) in [5.74, 6) is -0.997. The first-order chi connectivity index (χ1) is 8.82. The van der Waals surface area contributed by atoms with Crippen molar-refractivity contribution in [2.24, 2.45) is 0 Å². The highest BCUT2D eigenvalue weighted by Gasteiger charge is 2.20. The van der Waals surface area contributed by atoms with E-state index < -0.39 is 5.97 Å². The summed E-state index contributed by atoms with van der Waals surface area (Å²) in [4.78, 5) is 15.6. The fourth-order valence-corrected chi connectivity index (χ4v) is 2.34. The minimum Gasteiger partial charge on any atom is -0.478 e. The summed E-state index contributed by atoms with van der Waals surface area (Å²) in [5, 5.41) is 13.8. The van der Waals surface area contributed by atoms with Crippen molar-refractivity contribution in [3.63, 3.8) is 0 Å². The van der Waals surface area contributed by atoms with Gasteiger partial charge in [0.25, 0.3) is 0 Å². The maximum Gasteiger partial charge on any atom is 0.339 e. The fourth-order valence-electron chi connectivity index (χ4n) is 2.10. The van der Waals surface area contributed by atoms with E-state index in [-0.39, 0.29) is 5.56 Å². The Balaban J connectivity index is 2.81. The number of nitrogens with zero attached hydrogens (tertiary/aromatic N) is 3. The van der Waals surface area contributed by atoms with E-state index in [1.807, 2.05) is 20.8 Å². The molecule has 0 aromatic carbocycles. The molecule has 2 aromatic rings. The van der Waals surface area contributed by atoms with Crippen LogP contribution in [0, 0.1) is 27.7 Å². The standard InChI is InChI=1S/C13H14BrN3O2/c1-6-5-10(11(13(18)19)7(2)15-6)17-9(4)12(14)8(3)16-17/h5H,1-4H3,(H,18,19). The zero-order valence-corrected chi connectivity index (χ0v) is 12.7. The first kappa shape index (κ1) is 13.7. The van der Waals surface area contributed by atoms with Gasteiger partial charge < -0.3 is 5.11 Å². The number of carboxylic acids is 1. The van der Waals surface area contributed by atoms with Gasteiger partial charge in [0, 0.05) is 5.69 Å². The summed E-state index contributed by atoms with van der Waals surface area (Å²) < 4.78 is 2.53. The first-order valence-corrected chi connectivity index (χ1v) is 6.56. The van der Waals surface area contributed by atoms with Crippen LogP contribution >= 0.6 is 15.9 Å². The lowest BCUT2D eigenvalue weighted by Crippen LogP contribution is -2.12. The highest BCUT2D eigenvalue weighted by molar-refractivity contribution is 9.10. The second-order valence-corrected chi connectivity index (χ2v) is 5.24. The molecular weight excluding hydrogens is 310 g/mol. The molecule has 0 fully saturated rings. The van der Waals surface area contributed by atoms with Crippen molar-refractivity contribution in [1.29, 1.82) is 0 Å². The smallest absolute Gasteiger partial charge is 0.339 e. The van der Waals surface area contributed by atoms with Crippen LogP contribution in [0.1, 0.15) is 33.1 Å². The Labute approximate surface area is 119 Å². The van der Waals surface area contributed by atoms with Crippen LogP contribution in [-0.2, 0) is 0 Å². The van der Waals surface area contributed by atoms with Crippen molar-refractivity contribution >= 4 is 21.9 Å². The summed E-state index contributed by atoms with van der Waals surface area (Å²) in [6.07, 6.45) is 0. The van der Waals surface area contributed by atoms with Gasteiger partial charge in [-0.3, -0.25) is 4.98 Å². The molecule has 2 heterocycles. The molecular formula is C13H14BrN3O2. The average molecular weight is 324 g/mol. The number of aryl methyl sites for hydroxylation is 3. The number of carbonyl (C=O) groups is 1. The molecule has 1 N–H and O–H groups in total. The van der Waals surface area contributed by atoms with Gasteiger partial charge in [-0.25, -0.2) is 9.48 Å². The molecule has 0 aliphatic rings. The largest absolute Gasteiger partial charge is 0.478 e. The molecule has 0 saturated heterocycles. The number of aromatic nitrogens is 3. The second-order valence-electron chi connectivity index (χ2n) is 4.44. The van der Waals surface area contributed by atoms with Gasteiger partial charge in [0.1, 0.15) is 5.56 Å². The maximum atomic E-state index is 11.4. The molecule has 2 rings (SSSR count). The molecule has 0 atom stereocenters. The van der Waals surface area contributed by atoms with E-state index in [1.165, 1.54) is 0 Å². The number of halogens is 1. The van der Waals surface area contributed by atoms with Gasteiger partial charge in [-0.1, -0.05) is 0 Å². The Hall–Kier alpha value is -1.69. The quantitative estimate of drug-likeness (QED) is 0.922. The first-order valence-electron chi connectivity index (χ1n) is 5.76. The van der Waals surface area contributed by atoms with E-state index >= 15 is 0 Å². The van der Waals surface area contributed by atoms with E-state index in [1.54, 1.807) is 17.7 Å². The van der Waals surface area contributed by atoms with Crippen LogP contribution in [0.15, 0.2) is 10.5 Å². The summed E-state index contributed by atoms with van der Waals surface area (Å²) in [6, 6.07) is 1.74. The van der Waals surface area contributed by atoms with Crippen LogP contribution in [0.3, 0.4) is 0 Å². The zero-order chi connectivity index (χ0) is 14.3. The summed E-state index contributed by atoms with van der Waals surface area (Å²) in [7, 11) is 0. The summed E-state index contributed by atoms with van der Waals surface area (Å²) >= 11 is 3.45. The highest BCUT2D eigenvalue weighted by Crippen LogP contribution is 2.26. The molecule has 5 nitrogen and oxygen atoms in total. The van der Waals surface area contributed by atoms with Gasteiger partial charge in [0.15, 0.2) is 0 Å². The Morgan fingerprint density at radius 1 is 1.26 bits per heavy atom. The fraction of sp³-hybridized carbons (Fsp3) is 0.308. The number of pyridine rings is 1. The Kier molecular flexibility index (Phi) is 3.45. The number of rotatable bonds is 2. The van der Waals surface area contributed by atoms with E-state index in [2.05, 4.69) is 26.0 Å². The summed E-state index contributed by atoms with van der Waals surface area (Å²) in [5.41, 5.74) is 3.67. The number of aromatic carboxylic acids is 1. The second kappa shape index (κ2) is 4.77. The molecule has 0 radical (unpaired) electrons. The van der Waals surface area contributed by atoms with Crippen LogP contribution in [0.25, 0.3) is 5.69 Å². The molecule has 0 unspecified atom stereocenters. The van der Waals surface area contributed by atoms with Crippen molar-refractivity contribution in [3.8, 4) is 5.69 Å². The van der Waals surface area contributed by atoms with Gasteiger partial charge in [-0.2, -0.15) is 5.10 Å². The van der Waals surface area contributed by atoms with E-state index in [0.29, 0.717) is 11.4 Å². The van der Waals surface area contributed by atoms with Crippen molar-refractivity contribution < 1.29 is 9.90 Å². The number of hydrogen-bond donors (Lipinski definition) is 1. The molecule has 0 amide bonds. The van der Waals surface area contributed by atoms with Gasteiger partial charge in [-0.15, -0.1) is 0 Å². The van der Waals surface area contributed by atoms with Gasteiger partial charge in [0.2, 0.25) is 0 Å². The molecule has 0 bridgehead atoms. The normalized spacial score (nSPS) is 10.8. The highest BCUT2D eigenvalue weighted by atomic mass is 79.9. The van der Waals surface area contributed by atoms with Crippen molar-refractivity contribution in [3.05, 3.63) is 38.9 Å². The molecule has 19 heavy (non-hydrogen) atoms. The van der Waals surface area contributed by atoms with Crippen molar-refractivity contribution in [1.82, 2.24) is 14.8 Å². The number of carboxylic acid groups (broad SMARTS) is 1. The van der Waals surface area contributed by atoms with E-state index in [0.717, 1.165) is 21.6 Å². The molecule has 0 aliphatic carbocycles. The maximum absolute atomic E-state index is 11.4. The molecule has 0 saturated carbocycles. The van der Waals surface area contributed by atoms with Gasteiger partial charge in [-0.05, 0) is 49.7 Å². The lowest BCUT2D eigenvalue weighted by molar-refractivity contribution is 0.0695. The van der Waals surface area contributed by atoms with Crippen molar-refractivity contribution in [2.75, 3.05) is 0 Å². The Morgan fingerprint density at radius 2 is 1.89 bits per heavy atom. The van der Waals surface area contributed by atoms with Crippen LogP contribution in [-0.4, -0.2) is 25.8 Å². The molecule has 6 heteroatoms. The Morgan fingerprint density at radius 3 is 2.37 bits per heavy atom. The molecule has 2 aromatic heterocycles. The molecule has 0 aliphatic heterocycles.